The minimum absolute atomic E-state index is 0.0503. The molecule has 1 aliphatic carbocycles. The van der Waals surface area contributed by atoms with E-state index in [0.29, 0.717) is 0 Å². The number of benzene rings is 2. The molecule has 2 aromatic carbocycles. The molecule has 4 nitrogen and oxygen atoms in total. The van der Waals surface area contributed by atoms with E-state index < -0.39 is 10.3 Å². The SMILES string of the molecule is CC(=O)[C@@]1(c2ccc([N+](=O)[O-])cc2)C[C@@H]1c1ccccc1. The summed E-state index contributed by atoms with van der Waals surface area (Å²) < 4.78 is 0. The number of carbonyl (C=O) groups is 1. The predicted molar refractivity (Wildman–Crippen MR) is 79.3 cm³/mol. The Morgan fingerprint density at radius 2 is 1.76 bits per heavy atom. The van der Waals surface area contributed by atoms with Crippen LogP contribution in [0.15, 0.2) is 54.6 Å². The Bertz CT molecular complexity index is 694. The van der Waals surface area contributed by atoms with Crippen LogP contribution in [0.5, 0.6) is 0 Å². The van der Waals surface area contributed by atoms with E-state index in [1.807, 2.05) is 30.3 Å². The summed E-state index contributed by atoms with van der Waals surface area (Å²) in [6.07, 6.45) is 0.768. The van der Waals surface area contributed by atoms with Gasteiger partial charge < -0.3 is 0 Å². The van der Waals surface area contributed by atoms with Crippen molar-refractivity contribution in [2.75, 3.05) is 0 Å². The van der Waals surface area contributed by atoms with Gasteiger partial charge in [-0.1, -0.05) is 42.5 Å². The molecule has 0 radical (unpaired) electrons. The molecule has 0 heterocycles. The van der Waals surface area contributed by atoms with E-state index in [1.54, 1.807) is 19.1 Å². The van der Waals surface area contributed by atoms with Crippen LogP contribution in [0.25, 0.3) is 0 Å². The number of nitro benzene ring substituents is 1. The summed E-state index contributed by atoms with van der Waals surface area (Å²) in [5.41, 5.74) is 1.55. The molecule has 0 amide bonds. The molecule has 1 saturated carbocycles. The third kappa shape index (κ3) is 2.13. The second-order valence-corrected chi connectivity index (χ2v) is 5.50. The Morgan fingerprint density at radius 3 is 2.29 bits per heavy atom. The lowest BCUT2D eigenvalue weighted by Gasteiger charge is -2.14. The van der Waals surface area contributed by atoms with Gasteiger partial charge in [0.1, 0.15) is 5.78 Å². The first-order valence-electron chi connectivity index (χ1n) is 6.86. The molecule has 1 aliphatic rings. The average molecular weight is 281 g/mol. The van der Waals surface area contributed by atoms with Gasteiger partial charge in [-0.25, -0.2) is 0 Å². The molecule has 2 aromatic rings. The van der Waals surface area contributed by atoms with Crippen molar-refractivity contribution in [2.45, 2.75) is 24.7 Å². The summed E-state index contributed by atoms with van der Waals surface area (Å²) in [4.78, 5) is 22.5. The average Bonchev–Trinajstić information content (AvgIpc) is 3.25. The summed E-state index contributed by atoms with van der Waals surface area (Å²) in [6.45, 7) is 1.60. The molecule has 0 aromatic heterocycles. The van der Waals surface area contributed by atoms with Crippen molar-refractivity contribution in [1.82, 2.24) is 0 Å². The van der Waals surface area contributed by atoms with Crippen LogP contribution in [0.3, 0.4) is 0 Å². The zero-order valence-corrected chi connectivity index (χ0v) is 11.7. The second kappa shape index (κ2) is 4.81. The predicted octanol–water partition coefficient (Wildman–Crippen LogP) is 3.61. The number of rotatable bonds is 4. The van der Waals surface area contributed by atoms with Gasteiger partial charge in [-0.3, -0.25) is 14.9 Å². The molecule has 0 N–H and O–H groups in total. The minimum Gasteiger partial charge on any atom is -0.299 e. The number of non-ortho nitro benzene ring substituents is 1. The first kappa shape index (κ1) is 13.5. The van der Waals surface area contributed by atoms with Gasteiger partial charge in [0, 0.05) is 18.1 Å². The molecule has 106 valence electrons. The molecular weight excluding hydrogens is 266 g/mol. The Kier molecular flexibility index (Phi) is 3.09. The standard InChI is InChI=1S/C17H15NO3/c1-12(19)17(11-16(17)13-5-3-2-4-6-13)14-7-9-15(10-8-14)18(20)21/h2-10,16H,11H2,1H3/t16-,17-/m1/s1. The highest BCUT2D eigenvalue weighted by Crippen LogP contribution is 2.61. The number of hydrogen-bond acceptors (Lipinski definition) is 3. The summed E-state index contributed by atoms with van der Waals surface area (Å²) in [5, 5.41) is 10.7. The van der Waals surface area contributed by atoms with Gasteiger partial charge in [-0.2, -0.15) is 0 Å². The van der Waals surface area contributed by atoms with E-state index in [1.165, 1.54) is 12.1 Å². The fourth-order valence-corrected chi connectivity index (χ4v) is 3.14. The molecule has 0 saturated heterocycles. The minimum atomic E-state index is -0.517. The number of nitrogens with zero attached hydrogens (tertiary/aromatic N) is 1. The molecule has 3 rings (SSSR count). The van der Waals surface area contributed by atoms with E-state index in [4.69, 9.17) is 0 Å². The van der Waals surface area contributed by atoms with Gasteiger partial charge in [0.2, 0.25) is 0 Å². The second-order valence-electron chi connectivity index (χ2n) is 5.50. The smallest absolute Gasteiger partial charge is 0.269 e. The van der Waals surface area contributed by atoms with Gasteiger partial charge in [-0.15, -0.1) is 0 Å². The monoisotopic (exact) mass is 281 g/mol. The molecule has 0 aliphatic heterocycles. The van der Waals surface area contributed by atoms with E-state index in [2.05, 4.69) is 0 Å². The highest BCUT2D eigenvalue weighted by molar-refractivity contribution is 5.93. The largest absolute Gasteiger partial charge is 0.299 e. The van der Waals surface area contributed by atoms with Crippen molar-refractivity contribution in [2.24, 2.45) is 0 Å². The number of nitro groups is 1. The zero-order valence-electron chi connectivity index (χ0n) is 11.7. The molecule has 1 fully saturated rings. The molecule has 0 bridgehead atoms. The zero-order chi connectivity index (χ0) is 15.0. The molecule has 2 atom stereocenters. The van der Waals surface area contributed by atoms with Gasteiger partial charge in [0.15, 0.2) is 0 Å². The maximum atomic E-state index is 12.2. The van der Waals surface area contributed by atoms with Crippen LogP contribution in [0.1, 0.15) is 30.4 Å². The summed E-state index contributed by atoms with van der Waals surface area (Å²) in [6, 6.07) is 16.3. The quantitative estimate of drug-likeness (QED) is 0.635. The molecule has 21 heavy (non-hydrogen) atoms. The Labute approximate surface area is 122 Å². The van der Waals surface area contributed by atoms with Crippen LogP contribution < -0.4 is 0 Å². The van der Waals surface area contributed by atoms with Gasteiger partial charge in [-0.05, 0) is 24.5 Å². The third-order valence-electron chi connectivity index (χ3n) is 4.38. The number of hydrogen-bond donors (Lipinski definition) is 0. The molecular formula is C17H15NO3. The van der Waals surface area contributed by atoms with Crippen molar-refractivity contribution < 1.29 is 9.72 Å². The number of ketones is 1. The summed E-state index contributed by atoms with van der Waals surface area (Å²) >= 11 is 0. The first-order chi connectivity index (χ1) is 10.1. The lowest BCUT2D eigenvalue weighted by atomic mass is 9.87. The fraction of sp³-hybridized carbons (Fsp3) is 0.235. The van der Waals surface area contributed by atoms with Crippen molar-refractivity contribution in [3.05, 3.63) is 75.8 Å². The van der Waals surface area contributed by atoms with Crippen LogP contribution in [-0.2, 0) is 10.2 Å². The lowest BCUT2D eigenvalue weighted by Crippen LogP contribution is -2.19. The van der Waals surface area contributed by atoms with Crippen LogP contribution in [0.4, 0.5) is 5.69 Å². The topological polar surface area (TPSA) is 60.2 Å². The highest BCUT2D eigenvalue weighted by atomic mass is 16.6. The highest BCUT2D eigenvalue weighted by Gasteiger charge is 2.59. The summed E-state index contributed by atoms with van der Waals surface area (Å²) in [5.74, 6) is 0.280. The van der Waals surface area contributed by atoms with Crippen LogP contribution in [0, 0.1) is 10.1 Å². The van der Waals surface area contributed by atoms with E-state index in [0.717, 1.165) is 17.5 Å². The fourth-order valence-electron chi connectivity index (χ4n) is 3.14. The van der Waals surface area contributed by atoms with Gasteiger partial charge >= 0.3 is 0 Å². The Balaban J connectivity index is 1.97. The van der Waals surface area contributed by atoms with E-state index >= 15 is 0 Å². The van der Waals surface area contributed by atoms with Gasteiger partial charge in [0.05, 0.1) is 10.3 Å². The Hall–Kier alpha value is -2.49. The van der Waals surface area contributed by atoms with Crippen LogP contribution >= 0.6 is 0 Å². The van der Waals surface area contributed by atoms with Crippen LogP contribution in [-0.4, -0.2) is 10.7 Å². The van der Waals surface area contributed by atoms with Crippen molar-refractivity contribution in [3.8, 4) is 0 Å². The van der Waals surface area contributed by atoms with Gasteiger partial charge in [0.25, 0.3) is 5.69 Å². The van der Waals surface area contributed by atoms with Crippen molar-refractivity contribution in [1.29, 1.82) is 0 Å². The molecule has 0 spiro atoms. The third-order valence-corrected chi connectivity index (χ3v) is 4.38. The first-order valence-corrected chi connectivity index (χ1v) is 6.86. The van der Waals surface area contributed by atoms with Crippen LogP contribution in [0.2, 0.25) is 0 Å². The maximum absolute atomic E-state index is 12.2. The van der Waals surface area contributed by atoms with E-state index in [9.17, 15) is 14.9 Å². The molecule has 4 heteroatoms. The van der Waals surface area contributed by atoms with Crippen molar-refractivity contribution >= 4 is 11.5 Å². The number of Topliss-reactive ketones (excluding diaryl/α,β-unsaturated/α-hetero) is 1. The normalized spacial score (nSPS) is 23.6. The number of carbonyl (C=O) groups excluding carboxylic acids is 1. The lowest BCUT2D eigenvalue weighted by molar-refractivity contribution is -0.384. The van der Waals surface area contributed by atoms with E-state index in [-0.39, 0.29) is 17.4 Å². The molecule has 0 unspecified atom stereocenters. The summed E-state index contributed by atoms with van der Waals surface area (Å²) in [7, 11) is 0. The Morgan fingerprint density at radius 1 is 1.14 bits per heavy atom. The maximum Gasteiger partial charge on any atom is 0.269 e. The van der Waals surface area contributed by atoms with Crippen molar-refractivity contribution in [3.63, 3.8) is 0 Å².